The Kier molecular flexibility index (Phi) is 4.04. The van der Waals surface area contributed by atoms with E-state index in [0.717, 1.165) is 10.6 Å². The Labute approximate surface area is 142 Å². The van der Waals surface area contributed by atoms with E-state index >= 15 is 0 Å². The number of carbonyl (C=O) groups is 1. The van der Waals surface area contributed by atoms with Crippen LogP contribution < -0.4 is 5.32 Å². The first kappa shape index (κ1) is 14.9. The lowest BCUT2D eigenvalue weighted by Gasteiger charge is -1.98. The number of amides is 1. The number of hydrogen-bond donors (Lipinski definition) is 1. The van der Waals surface area contributed by atoms with E-state index in [4.69, 9.17) is 4.52 Å². The lowest BCUT2D eigenvalue weighted by atomic mass is 10.2. The highest BCUT2D eigenvalue weighted by atomic mass is 32.1. The molecule has 0 radical (unpaired) electrons. The molecule has 7 nitrogen and oxygen atoms in total. The molecule has 1 aliphatic carbocycles. The summed E-state index contributed by atoms with van der Waals surface area (Å²) in [4.78, 5) is 16.3. The lowest BCUT2D eigenvalue weighted by Crippen LogP contribution is -2.12. The van der Waals surface area contributed by atoms with E-state index in [-0.39, 0.29) is 12.3 Å². The number of benzene rings is 1. The van der Waals surface area contributed by atoms with Gasteiger partial charge in [-0.3, -0.25) is 4.79 Å². The van der Waals surface area contributed by atoms with Crippen molar-refractivity contribution in [1.29, 1.82) is 0 Å². The van der Waals surface area contributed by atoms with Gasteiger partial charge in [0, 0.05) is 24.3 Å². The molecule has 1 aromatic carbocycles. The second kappa shape index (κ2) is 6.48. The predicted octanol–water partition coefficient (Wildman–Crippen LogP) is 3.04. The molecule has 0 unspecified atom stereocenters. The van der Waals surface area contributed by atoms with Crippen LogP contribution in [0.5, 0.6) is 0 Å². The normalized spacial score (nSPS) is 13.8. The molecule has 1 saturated carbocycles. The van der Waals surface area contributed by atoms with Crippen molar-refractivity contribution in [2.45, 2.75) is 31.6 Å². The molecule has 8 heteroatoms. The third-order valence-electron chi connectivity index (χ3n) is 3.68. The molecule has 1 amide bonds. The zero-order chi connectivity index (χ0) is 16.4. The van der Waals surface area contributed by atoms with Gasteiger partial charge in [0.1, 0.15) is 5.01 Å². The van der Waals surface area contributed by atoms with Gasteiger partial charge in [-0.15, -0.1) is 10.2 Å². The van der Waals surface area contributed by atoms with Gasteiger partial charge in [0.05, 0.1) is 0 Å². The van der Waals surface area contributed by atoms with Gasteiger partial charge < -0.3 is 9.84 Å². The Hall–Kier alpha value is -2.61. The molecule has 0 saturated heterocycles. The summed E-state index contributed by atoms with van der Waals surface area (Å²) in [6, 6.07) is 9.58. The van der Waals surface area contributed by atoms with Crippen LogP contribution >= 0.6 is 11.3 Å². The van der Waals surface area contributed by atoms with E-state index in [2.05, 4.69) is 25.7 Å². The highest BCUT2D eigenvalue weighted by molar-refractivity contribution is 7.15. The van der Waals surface area contributed by atoms with Gasteiger partial charge in [-0.1, -0.05) is 46.8 Å². The van der Waals surface area contributed by atoms with Crippen molar-refractivity contribution in [3.05, 3.63) is 41.2 Å². The van der Waals surface area contributed by atoms with Crippen molar-refractivity contribution >= 4 is 22.4 Å². The smallest absolute Gasteiger partial charge is 0.227 e. The van der Waals surface area contributed by atoms with E-state index in [1.165, 1.54) is 24.2 Å². The fourth-order valence-corrected chi connectivity index (χ4v) is 3.17. The Morgan fingerprint density at radius 3 is 2.88 bits per heavy atom. The van der Waals surface area contributed by atoms with Crippen LogP contribution in [0.4, 0.5) is 5.13 Å². The van der Waals surface area contributed by atoms with Crippen molar-refractivity contribution < 1.29 is 9.32 Å². The molecule has 122 valence electrons. The van der Waals surface area contributed by atoms with Crippen LogP contribution in [0.15, 0.2) is 34.9 Å². The van der Waals surface area contributed by atoms with Crippen molar-refractivity contribution in [3.63, 3.8) is 0 Å². The number of nitrogens with zero attached hydrogens (tertiary/aromatic N) is 4. The molecule has 0 atom stereocenters. The van der Waals surface area contributed by atoms with Gasteiger partial charge >= 0.3 is 0 Å². The quantitative estimate of drug-likeness (QED) is 0.740. The van der Waals surface area contributed by atoms with Crippen LogP contribution in [0.1, 0.15) is 36.1 Å². The second-order valence-corrected chi connectivity index (χ2v) is 6.65. The molecular weight excluding hydrogens is 326 g/mol. The number of rotatable bonds is 6. The average molecular weight is 341 g/mol. The largest absolute Gasteiger partial charge is 0.339 e. The predicted molar refractivity (Wildman–Crippen MR) is 88.6 cm³/mol. The summed E-state index contributed by atoms with van der Waals surface area (Å²) in [5.41, 5.74) is 0.887. The van der Waals surface area contributed by atoms with Crippen molar-refractivity contribution in [2.24, 2.45) is 0 Å². The molecular formula is C16H15N5O2S. The topological polar surface area (TPSA) is 93.8 Å². The highest BCUT2D eigenvalue weighted by Crippen LogP contribution is 2.42. The zero-order valence-corrected chi connectivity index (χ0v) is 13.6. The molecule has 1 aliphatic rings. The molecule has 0 bridgehead atoms. The van der Waals surface area contributed by atoms with E-state index in [1.807, 2.05) is 30.3 Å². The SMILES string of the molecule is O=C(CCc1nc(-c2ccccc2)no1)Nc1nnc(C2CC2)s1. The maximum atomic E-state index is 12.0. The number of anilines is 1. The molecule has 24 heavy (non-hydrogen) atoms. The lowest BCUT2D eigenvalue weighted by molar-refractivity contribution is -0.116. The van der Waals surface area contributed by atoms with Gasteiger partial charge in [0.15, 0.2) is 0 Å². The standard InChI is InChI=1S/C16H15N5O2S/c22-12(17-16-20-19-15(24-16)11-6-7-11)8-9-13-18-14(21-23-13)10-4-2-1-3-5-10/h1-5,11H,6-9H2,(H,17,20,22). The fraction of sp³-hybridized carbons (Fsp3) is 0.312. The number of aryl methyl sites for hydroxylation is 1. The Morgan fingerprint density at radius 2 is 2.08 bits per heavy atom. The van der Waals surface area contributed by atoms with E-state index in [9.17, 15) is 4.79 Å². The average Bonchev–Trinajstić information content (AvgIpc) is 3.17. The molecule has 0 spiro atoms. The second-order valence-electron chi connectivity index (χ2n) is 5.65. The van der Waals surface area contributed by atoms with Crippen molar-refractivity contribution in [1.82, 2.24) is 20.3 Å². The maximum absolute atomic E-state index is 12.0. The van der Waals surface area contributed by atoms with Crippen LogP contribution in [-0.4, -0.2) is 26.2 Å². The first-order valence-corrected chi connectivity index (χ1v) is 8.61. The van der Waals surface area contributed by atoms with Gasteiger partial charge in [-0.05, 0) is 12.8 Å². The summed E-state index contributed by atoms with van der Waals surface area (Å²) in [6.45, 7) is 0. The first-order valence-electron chi connectivity index (χ1n) is 7.79. The Morgan fingerprint density at radius 1 is 1.25 bits per heavy atom. The molecule has 0 aliphatic heterocycles. The highest BCUT2D eigenvalue weighted by Gasteiger charge is 2.27. The molecule has 1 N–H and O–H groups in total. The number of aromatic nitrogens is 4. The summed E-state index contributed by atoms with van der Waals surface area (Å²) >= 11 is 1.45. The van der Waals surface area contributed by atoms with E-state index < -0.39 is 0 Å². The van der Waals surface area contributed by atoms with Crippen LogP contribution in [0.25, 0.3) is 11.4 Å². The van der Waals surface area contributed by atoms with Gasteiger partial charge in [-0.2, -0.15) is 4.98 Å². The summed E-state index contributed by atoms with van der Waals surface area (Å²) in [5.74, 6) is 1.39. The van der Waals surface area contributed by atoms with Crippen LogP contribution in [-0.2, 0) is 11.2 Å². The molecule has 3 aromatic rings. The van der Waals surface area contributed by atoms with Gasteiger partial charge in [0.25, 0.3) is 0 Å². The molecule has 2 aromatic heterocycles. The van der Waals surface area contributed by atoms with Crippen LogP contribution in [0.3, 0.4) is 0 Å². The number of nitrogens with one attached hydrogen (secondary N) is 1. The summed E-state index contributed by atoms with van der Waals surface area (Å²) in [6.07, 6.45) is 2.99. The molecule has 1 fully saturated rings. The van der Waals surface area contributed by atoms with E-state index in [1.54, 1.807) is 0 Å². The minimum atomic E-state index is -0.132. The monoisotopic (exact) mass is 341 g/mol. The van der Waals surface area contributed by atoms with Gasteiger partial charge in [0.2, 0.25) is 22.8 Å². The molecule has 4 rings (SSSR count). The fourth-order valence-electron chi connectivity index (χ4n) is 2.24. The number of carbonyl (C=O) groups excluding carboxylic acids is 1. The third kappa shape index (κ3) is 3.48. The summed E-state index contributed by atoms with van der Waals surface area (Å²) in [7, 11) is 0. The number of hydrogen-bond acceptors (Lipinski definition) is 7. The summed E-state index contributed by atoms with van der Waals surface area (Å²) < 4.78 is 5.20. The third-order valence-corrected chi connectivity index (χ3v) is 4.68. The van der Waals surface area contributed by atoms with Crippen molar-refractivity contribution in [3.8, 4) is 11.4 Å². The minimum Gasteiger partial charge on any atom is -0.339 e. The Bertz CT molecular complexity index is 841. The zero-order valence-electron chi connectivity index (χ0n) is 12.8. The maximum Gasteiger partial charge on any atom is 0.227 e. The van der Waals surface area contributed by atoms with Crippen LogP contribution in [0, 0.1) is 0 Å². The minimum absolute atomic E-state index is 0.132. The Balaban J connectivity index is 1.31. The summed E-state index contributed by atoms with van der Waals surface area (Å²) in [5, 5.41) is 16.4. The molecule has 2 heterocycles. The first-order chi connectivity index (χ1) is 11.8. The van der Waals surface area contributed by atoms with E-state index in [0.29, 0.717) is 29.2 Å². The van der Waals surface area contributed by atoms with Gasteiger partial charge in [-0.25, -0.2) is 0 Å². The van der Waals surface area contributed by atoms with Crippen molar-refractivity contribution in [2.75, 3.05) is 5.32 Å². The van der Waals surface area contributed by atoms with Crippen LogP contribution in [0.2, 0.25) is 0 Å².